The van der Waals surface area contributed by atoms with Crippen molar-refractivity contribution in [2.75, 3.05) is 18.6 Å². The minimum Gasteiger partial charge on any atom is -0.469 e. The molecular formula is C15H18N2O2S. The van der Waals surface area contributed by atoms with Gasteiger partial charge in [-0.1, -0.05) is 17.7 Å². The maximum atomic E-state index is 11.3. The number of anilines is 2. The van der Waals surface area contributed by atoms with Crippen molar-refractivity contribution >= 4 is 28.1 Å². The Hall–Kier alpha value is -1.88. The Labute approximate surface area is 123 Å². The molecule has 0 amide bonds. The number of ether oxygens (including phenoxy) is 1. The van der Waals surface area contributed by atoms with E-state index in [-0.39, 0.29) is 12.4 Å². The van der Waals surface area contributed by atoms with Gasteiger partial charge >= 0.3 is 5.97 Å². The standard InChI is InChI=1S/C15H18N2O2S/c1-4-17(13-7-5-11(2)6-8-13)15-16-12(10-20-15)9-14(18)19-3/h5-8,10H,4,9H2,1-3H3. The third kappa shape index (κ3) is 3.36. The number of carbonyl (C=O) groups excluding carboxylic acids is 1. The summed E-state index contributed by atoms with van der Waals surface area (Å²) in [5.74, 6) is -0.264. The van der Waals surface area contributed by atoms with E-state index in [1.807, 2.05) is 5.38 Å². The van der Waals surface area contributed by atoms with Gasteiger partial charge in [0, 0.05) is 17.6 Å². The molecule has 0 bridgehead atoms. The number of methoxy groups -OCH3 is 1. The Morgan fingerprint density at radius 3 is 2.65 bits per heavy atom. The van der Waals surface area contributed by atoms with Crippen molar-refractivity contribution in [3.05, 3.63) is 40.9 Å². The molecule has 0 atom stereocenters. The Morgan fingerprint density at radius 1 is 1.35 bits per heavy atom. The first-order valence-electron chi connectivity index (χ1n) is 6.49. The topological polar surface area (TPSA) is 42.4 Å². The van der Waals surface area contributed by atoms with E-state index in [4.69, 9.17) is 0 Å². The van der Waals surface area contributed by atoms with E-state index in [2.05, 4.69) is 52.7 Å². The van der Waals surface area contributed by atoms with Gasteiger partial charge in [0.25, 0.3) is 0 Å². The van der Waals surface area contributed by atoms with Crippen LogP contribution in [0, 0.1) is 6.92 Å². The first-order valence-corrected chi connectivity index (χ1v) is 7.37. The summed E-state index contributed by atoms with van der Waals surface area (Å²) >= 11 is 1.54. The fourth-order valence-electron chi connectivity index (χ4n) is 1.87. The summed E-state index contributed by atoms with van der Waals surface area (Å²) in [4.78, 5) is 17.9. The molecule has 4 nitrogen and oxygen atoms in total. The van der Waals surface area contributed by atoms with Gasteiger partial charge in [-0.25, -0.2) is 4.98 Å². The van der Waals surface area contributed by atoms with E-state index in [0.717, 1.165) is 23.1 Å². The number of benzene rings is 1. The van der Waals surface area contributed by atoms with Crippen LogP contribution < -0.4 is 4.90 Å². The number of aromatic nitrogens is 1. The molecule has 0 N–H and O–H groups in total. The molecule has 0 saturated carbocycles. The summed E-state index contributed by atoms with van der Waals surface area (Å²) in [5.41, 5.74) is 3.09. The zero-order valence-corrected chi connectivity index (χ0v) is 12.7. The molecule has 1 heterocycles. The van der Waals surface area contributed by atoms with Gasteiger partial charge in [0.15, 0.2) is 5.13 Å². The van der Waals surface area contributed by atoms with E-state index < -0.39 is 0 Å². The lowest BCUT2D eigenvalue weighted by atomic mass is 10.2. The normalized spacial score (nSPS) is 10.3. The van der Waals surface area contributed by atoms with Crippen LogP contribution in [-0.2, 0) is 16.0 Å². The highest BCUT2D eigenvalue weighted by Gasteiger charge is 2.13. The van der Waals surface area contributed by atoms with Crippen LogP contribution >= 0.6 is 11.3 Å². The molecule has 0 aliphatic heterocycles. The van der Waals surface area contributed by atoms with Crippen molar-refractivity contribution in [2.24, 2.45) is 0 Å². The molecule has 0 aliphatic carbocycles. The highest BCUT2D eigenvalue weighted by molar-refractivity contribution is 7.13. The van der Waals surface area contributed by atoms with Gasteiger partial charge in [-0.15, -0.1) is 11.3 Å². The lowest BCUT2D eigenvalue weighted by Crippen LogP contribution is -2.16. The highest BCUT2D eigenvalue weighted by atomic mass is 32.1. The predicted octanol–water partition coefficient (Wildman–Crippen LogP) is 3.33. The number of rotatable bonds is 5. The summed E-state index contributed by atoms with van der Waals surface area (Å²) in [5, 5.41) is 2.80. The van der Waals surface area contributed by atoms with E-state index in [0.29, 0.717) is 0 Å². The summed E-state index contributed by atoms with van der Waals surface area (Å²) in [6.07, 6.45) is 0.221. The Morgan fingerprint density at radius 2 is 2.05 bits per heavy atom. The molecule has 1 aromatic heterocycles. The van der Waals surface area contributed by atoms with Crippen molar-refractivity contribution in [1.82, 2.24) is 4.98 Å². The number of nitrogens with zero attached hydrogens (tertiary/aromatic N) is 2. The number of hydrogen-bond acceptors (Lipinski definition) is 5. The maximum Gasteiger partial charge on any atom is 0.311 e. The second-order valence-corrected chi connectivity index (χ2v) is 5.29. The monoisotopic (exact) mass is 290 g/mol. The molecule has 2 aromatic rings. The number of thiazole rings is 1. The zero-order chi connectivity index (χ0) is 14.5. The summed E-state index contributed by atoms with van der Waals surface area (Å²) in [6.45, 7) is 4.98. The third-order valence-electron chi connectivity index (χ3n) is 2.99. The Kier molecular flexibility index (Phi) is 4.74. The van der Waals surface area contributed by atoms with Crippen LogP contribution in [-0.4, -0.2) is 24.6 Å². The van der Waals surface area contributed by atoms with Gasteiger partial charge in [-0.2, -0.15) is 0 Å². The molecule has 1 aromatic carbocycles. The molecule has 0 aliphatic rings. The largest absolute Gasteiger partial charge is 0.469 e. The quantitative estimate of drug-likeness (QED) is 0.792. The lowest BCUT2D eigenvalue weighted by molar-refractivity contribution is -0.139. The van der Waals surface area contributed by atoms with E-state index in [9.17, 15) is 4.79 Å². The molecular weight excluding hydrogens is 272 g/mol. The first kappa shape index (κ1) is 14.5. The van der Waals surface area contributed by atoms with Crippen LogP contribution in [0.15, 0.2) is 29.6 Å². The van der Waals surface area contributed by atoms with E-state index in [1.54, 1.807) is 11.3 Å². The predicted molar refractivity (Wildman–Crippen MR) is 81.7 cm³/mol. The van der Waals surface area contributed by atoms with Crippen LogP contribution in [0.2, 0.25) is 0 Å². The zero-order valence-electron chi connectivity index (χ0n) is 11.9. The third-order valence-corrected chi connectivity index (χ3v) is 3.90. The fourth-order valence-corrected chi connectivity index (χ4v) is 2.78. The molecule has 0 radical (unpaired) electrons. The van der Waals surface area contributed by atoms with Crippen LogP contribution in [0.3, 0.4) is 0 Å². The Bertz CT molecular complexity index is 578. The fraction of sp³-hybridized carbons (Fsp3) is 0.333. The van der Waals surface area contributed by atoms with Crippen LogP contribution in [0.25, 0.3) is 0 Å². The molecule has 106 valence electrons. The molecule has 0 unspecified atom stereocenters. The minimum atomic E-state index is -0.264. The van der Waals surface area contributed by atoms with Crippen LogP contribution in [0.1, 0.15) is 18.2 Å². The summed E-state index contributed by atoms with van der Waals surface area (Å²) in [6, 6.07) is 8.34. The highest BCUT2D eigenvalue weighted by Crippen LogP contribution is 2.28. The second-order valence-electron chi connectivity index (χ2n) is 4.45. The summed E-state index contributed by atoms with van der Waals surface area (Å²) < 4.78 is 4.66. The van der Waals surface area contributed by atoms with Gasteiger partial charge in [-0.3, -0.25) is 4.79 Å². The van der Waals surface area contributed by atoms with Gasteiger partial charge in [-0.05, 0) is 26.0 Å². The molecule has 2 rings (SSSR count). The lowest BCUT2D eigenvalue weighted by Gasteiger charge is -2.20. The SMILES string of the molecule is CCN(c1ccc(C)cc1)c1nc(CC(=O)OC)cs1. The van der Waals surface area contributed by atoms with Crippen molar-refractivity contribution in [2.45, 2.75) is 20.3 Å². The molecule has 20 heavy (non-hydrogen) atoms. The number of hydrogen-bond donors (Lipinski definition) is 0. The number of esters is 1. The number of aryl methyl sites for hydroxylation is 1. The molecule has 0 saturated heterocycles. The average molecular weight is 290 g/mol. The average Bonchev–Trinajstić information content (AvgIpc) is 2.90. The minimum absolute atomic E-state index is 0.221. The van der Waals surface area contributed by atoms with Crippen molar-refractivity contribution < 1.29 is 9.53 Å². The van der Waals surface area contributed by atoms with Crippen LogP contribution in [0.4, 0.5) is 10.8 Å². The van der Waals surface area contributed by atoms with Crippen molar-refractivity contribution in [1.29, 1.82) is 0 Å². The van der Waals surface area contributed by atoms with Gasteiger partial charge in [0.2, 0.25) is 0 Å². The molecule has 5 heteroatoms. The van der Waals surface area contributed by atoms with Crippen molar-refractivity contribution in [3.8, 4) is 0 Å². The second kappa shape index (κ2) is 6.52. The van der Waals surface area contributed by atoms with Gasteiger partial charge in [0.1, 0.15) is 0 Å². The van der Waals surface area contributed by atoms with Crippen LogP contribution in [0.5, 0.6) is 0 Å². The van der Waals surface area contributed by atoms with Gasteiger partial charge < -0.3 is 9.64 Å². The summed E-state index contributed by atoms with van der Waals surface area (Å²) in [7, 11) is 1.39. The van der Waals surface area contributed by atoms with E-state index in [1.165, 1.54) is 12.7 Å². The number of carbonyl (C=O) groups is 1. The maximum absolute atomic E-state index is 11.3. The van der Waals surface area contributed by atoms with E-state index >= 15 is 0 Å². The smallest absolute Gasteiger partial charge is 0.311 e. The van der Waals surface area contributed by atoms with Gasteiger partial charge in [0.05, 0.1) is 19.2 Å². The Balaban J connectivity index is 2.19. The molecule has 0 fully saturated rings. The van der Waals surface area contributed by atoms with Crippen molar-refractivity contribution in [3.63, 3.8) is 0 Å². The molecule has 0 spiro atoms. The first-order chi connectivity index (χ1) is 9.63.